The Hall–Kier alpha value is -3.35. The van der Waals surface area contributed by atoms with Crippen molar-refractivity contribution in [2.45, 2.75) is 58.3 Å². The van der Waals surface area contributed by atoms with Gasteiger partial charge in [-0.1, -0.05) is 67.8 Å². The molecular weight excluding hydrogens is 444 g/mol. The van der Waals surface area contributed by atoms with Gasteiger partial charge in [0.2, 0.25) is 5.91 Å². The first-order chi connectivity index (χ1) is 16.8. The first kappa shape index (κ1) is 26.3. The first-order valence-electron chi connectivity index (χ1n) is 12.4. The van der Waals surface area contributed by atoms with Gasteiger partial charge in [0.25, 0.3) is 0 Å². The van der Waals surface area contributed by atoms with Crippen LogP contribution in [0.15, 0.2) is 48.5 Å². The average Bonchev–Trinajstić information content (AvgIpc) is 3.16. The lowest BCUT2D eigenvalue weighted by Crippen LogP contribution is -2.45. The van der Waals surface area contributed by atoms with E-state index >= 15 is 0 Å². The van der Waals surface area contributed by atoms with Crippen LogP contribution in [-0.4, -0.2) is 42.8 Å². The predicted octanol–water partition coefficient (Wildman–Crippen LogP) is 5.09. The summed E-state index contributed by atoms with van der Waals surface area (Å²) in [5, 5.41) is 14.3. The van der Waals surface area contributed by atoms with E-state index in [9.17, 15) is 14.4 Å². The highest BCUT2D eigenvalue weighted by molar-refractivity contribution is 5.83. The zero-order valence-electron chi connectivity index (χ0n) is 20.6. The van der Waals surface area contributed by atoms with Crippen LogP contribution < -0.4 is 10.6 Å². The number of unbranched alkanes of at least 4 members (excludes halogenated alkanes) is 4. The minimum absolute atomic E-state index is 0.00594. The van der Waals surface area contributed by atoms with Crippen LogP contribution in [0.25, 0.3) is 11.1 Å². The summed E-state index contributed by atoms with van der Waals surface area (Å²) in [6.45, 7) is 4.55. The monoisotopic (exact) mass is 480 g/mol. The quantitative estimate of drug-likeness (QED) is 0.346. The SMILES string of the molecule is CC(C)(CNC(=O)OCC1c2ccccc2-c2ccccc21)C(=O)NCCCCCCCC(=O)O. The van der Waals surface area contributed by atoms with Crippen molar-refractivity contribution in [3.05, 3.63) is 59.7 Å². The highest BCUT2D eigenvalue weighted by Gasteiger charge is 2.30. The number of aliphatic carboxylic acids is 1. The van der Waals surface area contributed by atoms with E-state index in [1.807, 2.05) is 24.3 Å². The van der Waals surface area contributed by atoms with Crippen molar-refractivity contribution in [2.75, 3.05) is 19.7 Å². The number of nitrogens with one attached hydrogen (secondary N) is 2. The van der Waals surface area contributed by atoms with Gasteiger partial charge in [0.1, 0.15) is 6.61 Å². The fourth-order valence-electron chi connectivity index (χ4n) is 4.40. The number of rotatable bonds is 13. The third-order valence-electron chi connectivity index (χ3n) is 6.49. The van der Waals surface area contributed by atoms with E-state index in [0.717, 1.165) is 36.8 Å². The normalized spacial score (nSPS) is 12.5. The molecule has 0 atom stereocenters. The van der Waals surface area contributed by atoms with E-state index in [1.165, 1.54) is 11.1 Å². The standard InChI is InChI=1S/C28H36N2O5/c1-28(2,26(33)29-17-11-5-3-4-6-16-25(31)32)19-30-27(34)35-18-24-22-14-9-7-12-20(22)21-13-8-10-15-23(21)24/h7-10,12-15,24H,3-6,11,16-19H2,1-2H3,(H,29,33)(H,30,34)(H,31,32). The molecule has 0 spiro atoms. The van der Waals surface area contributed by atoms with Gasteiger partial charge in [0.05, 0.1) is 5.41 Å². The maximum atomic E-state index is 12.6. The van der Waals surface area contributed by atoms with Crippen LogP contribution in [0, 0.1) is 5.41 Å². The largest absolute Gasteiger partial charge is 0.481 e. The van der Waals surface area contributed by atoms with Gasteiger partial charge in [0.15, 0.2) is 0 Å². The number of fused-ring (bicyclic) bond motifs is 3. The highest BCUT2D eigenvalue weighted by Crippen LogP contribution is 2.44. The van der Waals surface area contributed by atoms with Crippen LogP contribution in [0.5, 0.6) is 0 Å². The van der Waals surface area contributed by atoms with E-state index in [4.69, 9.17) is 9.84 Å². The fraction of sp³-hybridized carbons (Fsp3) is 0.464. The summed E-state index contributed by atoms with van der Waals surface area (Å²) in [4.78, 5) is 35.5. The van der Waals surface area contributed by atoms with Gasteiger partial charge in [0, 0.05) is 25.4 Å². The fourth-order valence-corrected chi connectivity index (χ4v) is 4.40. The Morgan fingerprint density at radius 1 is 0.857 bits per heavy atom. The topological polar surface area (TPSA) is 105 Å². The molecule has 0 saturated heterocycles. The van der Waals surface area contributed by atoms with Crippen LogP contribution >= 0.6 is 0 Å². The number of carboxylic acid groups (broad SMARTS) is 1. The second-order valence-electron chi connectivity index (χ2n) is 9.73. The van der Waals surface area contributed by atoms with Gasteiger partial charge in [-0.3, -0.25) is 9.59 Å². The molecule has 188 valence electrons. The van der Waals surface area contributed by atoms with E-state index in [0.29, 0.717) is 13.0 Å². The first-order valence-corrected chi connectivity index (χ1v) is 12.4. The number of hydrogen-bond donors (Lipinski definition) is 3. The maximum Gasteiger partial charge on any atom is 0.407 e. The average molecular weight is 481 g/mol. The minimum Gasteiger partial charge on any atom is -0.481 e. The molecule has 0 bridgehead atoms. The molecule has 0 radical (unpaired) electrons. The minimum atomic E-state index is -0.771. The lowest BCUT2D eigenvalue weighted by Gasteiger charge is -2.24. The molecule has 7 nitrogen and oxygen atoms in total. The van der Waals surface area contributed by atoms with Crippen LogP contribution in [0.2, 0.25) is 0 Å². The molecule has 0 fully saturated rings. The molecule has 0 unspecified atom stereocenters. The zero-order chi connectivity index (χ0) is 25.3. The summed E-state index contributed by atoms with van der Waals surface area (Å²) in [6.07, 6.45) is 3.99. The molecule has 1 aliphatic rings. The van der Waals surface area contributed by atoms with Crippen LogP contribution in [0.4, 0.5) is 4.79 Å². The number of benzene rings is 2. The highest BCUT2D eigenvalue weighted by atomic mass is 16.5. The number of hydrogen-bond acceptors (Lipinski definition) is 4. The molecule has 0 aliphatic heterocycles. The van der Waals surface area contributed by atoms with Crippen molar-refractivity contribution in [2.24, 2.45) is 5.41 Å². The molecule has 35 heavy (non-hydrogen) atoms. The molecule has 0 aromatic heterocycles. The van der Waals surface area contributed by atoms with Crippen molar-refractivity contribution < 1.29 is 24.2 Å². The summed E-state index contributed by atoms with van der Waals surface area (Å²) >= 11 is 0. The van der Waals surface area contributed by atoms with Gasteiger partial charge in [-0.25, -0.2) is 4.79 Å². The molecule has 0 saturated carbocycles. The number of alkyl carbamates (subject to hydrolysis) is 1. The van der Waals surface area contributed by atoms with E-state index in [1.54, 1.807) is 13.8 Å². The Labute approximate surface area is 207 Å². The summed E-state index contributed by atoms with van der Waals surface area (Å²) in [5.41, 5.74) is 3.89. The lowest BCUT2D eigenvalue weighted by atomic mass is 9.92. The number of carboxylic acids is 1. The van der Waals surface area contributed by atoms with Gasteiger partial charge < -0.3 is 20.5 Å². The smallest absolute Gasteiger partial charge is 0.407 e. The number of ether oxygens (including phenoxy) is 1. The van der Waals surface area contributed by atoms with Gasteiger partial charge in [-0.15, -0.1) is 0 Å². The van der Waals surface area contributed by atoms with Crippen molar-refractivity contribution in [1.82, 2.24) is 10.6 Å². The van der Waals surface area contributed by atoms with Gasteiger partial charge in [-0.2, -0.15) is 0 Å². The molecular formula is C28H36N2O5. The molecule has 2 amide bonds. The zero-order valence-corrected chi connectivity index (χ0v) is 20.6. The Morgan fingerprint density at radius 3 is 2.06 bits per heavy atom. The number of carbonyl (C=O) groups is 3. The Bertz CT molecular complexity index is 988. The van der Waals surface area contributed by atoms with Gasteiger partial charge in [-0.05, 0) is 48.9 Å². The van der Waals surface area contributed by atoms with Crippen molar-refractivity contribution in [3.63, 3.8) is 0 Å². The van der Waals surface area contributed by atoms with Crippen molar-refractivity contribution in [3.8, 4) is 11.1 Å². The second-order valence-corrected chi connectivity index (χ2v) is 9.73. The molecule has 3 N–H and O–H groups in total. The Morgan fingerprint density at radius 2 is 1.43 bits per heavy atom. The second kappa shape index (κ2) is 12.4. The summed E-state index contributed by atoms with van der Waals surface area (Å²) in [7, 11) is 0. The molecule has 2 aromatic rings. The third-order valence-corrected chi connectivity index (χ3v) is 6.49. The summed E-state index contributed by atoms with van der Waals surface area (Å²) in [6, 6.07) is 16.4. The molecule has 7 heteroatoms. The van der Waals surface area contributed by atoms with Crippen LogP contribution in [-0.2, 0) is 14.3 Å². The van der Waals surface area contributed by atoms with Crippen molar-refractivity contribution >= 4 is 18.0 Å². The summed E-state index contributed by atoms with van der Waals surface area (Å²) < 4.78 is 5.56. The molecule has 1 aliphatic carbocycles. The van der Waals surface area contributed by atoms with E-state index < -0.39 is 17.5 Å². The lowest BCUT2D eigenvalue weighted by molar-refractivity contribution is -0.137. The van der Waals surface area contributed by atoms with E-state index in [2.05, 4.69) is 34.9 Å². The number of amides is 2. The predicted molar refractivity (Wildman–Crippen MR) is 135 cm³/mol. The molecule has 0 heterocycles. The third kappa shape index (κ3) is 7.31. The molecule has 2 aromatic carbocycles. The number of carbonyl (C=O) groups excluding carboxylic acids is 2. The molecule has 3 rings (SSSR count). The maximum absolute atomic E-state index is 12.6. The van der Waals surface area contributed by atoms with Gasteiger partial charge >= 0.3 is 12.1 Å². The Kier molecular flexibility index (Phi) is 9.29. The van der Waals surface area contributed by atoms with Crippen molar-refractivity contribution in [1.29, 1.82) is 0 Å². The Balaban J connectivity index is 1.37. The van der Waals surface area contributed by atoms with E-state index in [-0.39, 0.29) is 31.4 Å². The summed E-state index contributed by atoms with van der Waals surface area (Å²) in [5.74, 6) is -0.887. The van der Waals surface area contributed by atoms with Crippen LogP contribution in [0.1, 0.15) is 69.4 Å². The van der Waals surface area contributed by atoms with Crippen LogP contribution in [0.3, 0.4) is 0 Å².